The van der Waals surface area contributed by atoms with Crippen LogP contribution in [0.25, 0.3) is 0 Å². The Kier molecular flexibility index (Phi) is 7.79. The number of carbonyl (C=O) groups excluding carboxylic acids is 2. The van der Waals surface area contributed by atoms with Crippen LogP contribution in [0.2, 0.25) is 0 Å². The van der Waals surface area contributed by atoms with Crippen LogP contribution in [0.5, 0.6) is 23.0 Å². The van der Waals surface area contributed by atoms with E-state index in [9.17, 15) is 30.0 Å². The van der Waals surface area contributed by atoms with Gasteiger partial charge in [-0.15, -0.1) is 0 Å². The number of aromatic hydroxyl groups is 4. The Morgan fingerprint density at radius 1 is 0.706 bits per heavy atom. The number of hydrogen-bond donors (Lipinski definition) is 6. The van der Waals surface area contributed by atoms with Gasteiger partial charge in [-0.25, -0.2) is 10.9 Å². The van der Waals surface area contributed by atoms with Gasteiger partial charge in [0.15, 0.2) is 23.0 Å². The Morgan fingerprint density at radius 3 is 1.62 bits per heavy atom. The van der Waals surface area contributed by atoms with Crippen molar-refractivity contribution in [2.24, 2.45) is 16.1 Å². The number of nitrogens with one attached hydrogen (secondary N) is 2. The maximum absolute atomic E-state index is 12.7. The summed E-state index contributed by atoms with van der Waals surface area (Å²) in [6.45, 7) is 0. The summed E-state index contributed by atoms with van der Waals surface area (Å²) in [4.78, 5) is 25.5. The number of amides is 2. The molecule has 3 aromatic rings. The van der Waals surface area contributed by atoms with Gasteiger partial charge < -0.3 is 20.4 Å². The first kappa shape index (κ1) is 23.8. The third kappa shape index (κ3) is 6.57. The molecule has 0 aliphatic rings. The van der Waals surface area contributed by atoms with Gasteiger partial charge in [-0.2, -0.15) is 10.2 Å². The van der Waals surface area contributed by atoms with Crippen molar-refractivity contribution in [1.82, 2.24) is 10.9 Å². The summed E-state index contributed by atoms with van der Waals surface area (Å²) in [5.74, 6) is -3.78. The van der Waals surface area contributed by atoms with Gasteiger partial charge in [-0.05, 0) is 59.5 Å². The second kappa shape index (κ2) is 11.1. The molecule has 34 heavy (non-hydrogen) atoms. The van der Waals surface area contributed by atoms with E-state index in [4.69, 9.17) is 0 Å². The maximum atomic E-state index is 12.7. The number of phenols is 4. The standard InChI is InChI=1S/C24H22N4O6/c29-19-8-6-16(11-21(19)31)13-25-27-23(33)18(10-15-4-2-1-3-5-15)24(34)28-26-14-17-7-9-20(30)22(32)12-17/h1-9,11-14,18,29-32H,10H2,(H,27,33)(H,28,34)/b25-13+,26-14+. The number of carbonyl (C=O) groups is 2. The molecule has 0 aliphatic heterocycles. The molecule has 0 spiro atoms. The highest BCUT2D eigenvalue weighted by Crippen LogP contribution is 2.24. The Morgan fingerprint density at radius 2 is 1.18 bits per heavy atom. The summed E-state index contributed by atoms with van der Waals surface area (Å²) in [5, 5.41) is 45.4. The van der Waals surface area contributed by atoms with Gasteiger partial charge in [0.25, 0.3) is 11.8 Å². The molecular formula is C24H22N4O6. The molecular weight excluding hydrogens is 440 g/mol. The van der Waals surface area contributed by atoms with E-state index < -0.39 is 17.7 Å². The van der Waals surface area contributed by atoms with Crippen molar-refractivity contribution in [2.75, 3.05) is 0 Å². The quantitative estimate of drug-likeness (QED) is 0.130. The molecule has 0 unspecified atom stereocenters. The summed E-state index contributed by atoms with van der Waals surface area (Å²) in [5.41, 5.74) is 6.19. The molecule has 3 aromatic carbocycles. The zero-order chi connectivity index (χ0) is 24.5. The molecule has 0 heterocycles. The highest BCUT2D eigenvalue weighted by atomic mass is 16.3. The summed E-state index contributed by atoms with van der Waals surface area (Å²) < 4.78 is 0. The Balaban J connectivity index is 1.69. The van der Waals surface area contributed by atoms with E-state index in [1.807, 2.05) is 6.07 Å². The molecule has 2 amide bonds. The van der Waals surface area contributed by atoms with E-state index in [2.05, 4.69) is 21.1 Å². The highest BCUT2D eigenvalue weighted by molar-refractivity contribution is 6.01. The largest absolute Gasteiger partial charge is 0.504 e. The average molecular weight is 462 g/mol. The number of nitrogens with zero attached hydrogens (tertiary/aromatic N) is 2. The maximum Gasteiger partial charge on any atom is 0.253 e. The normalized spacial score (nSPS) is 11.2. The molecule has 0 bridgehead atoms. The fraction of sp³-hybridized carbons (Fsp3) is 0.0833. The number of rotatable bonds is 8. The Labute approximate surface area is 194 Å². The van der Waals surface area contributed by atoms with Crippen LogP contribution in [-0.4, -0.2) is 44.7 Å². The molecule has 174 valence electrons. The van der Waals surface area contributed by atoms with E-state index >= 15 is 0 Å². The van der Waals surface area contributed by atoms with Gasteiger partial charge in [0, 0.05) is 0 Å². The van der Waals surface area contributed by atoms with Crippen LogP contribution < -0.4 is 10.9 Å². The molecule has 10 nitrogen and oxygen atoms in total. The third-order valence-corrected chi connectivity index (χ3v) is 4.69. The SMILES string of the molecule is O=C(N/N=C/c1ccc(O)c(O)c1)C(Cc1ccccc1)C(=O)N/N=C/c1ccc(O)c(O)c1. The van der Waals surface area contributed by atoms with E-state index in [0.717, 1.165) is 5.56 Å². The number of benzene rings is 3. The van der Waals surface area contributed by atoms with Gasteiger partial charge >= 0.3 is 0 Å². The predicted molar refractivity (Wildman–Crippen MR) is 125 cm³/mol. The van der Waals surface area contributed by atoms with Crippen LogP contribution in [0.4, 0.5) is 0 Å². The lowest BCUT2D eigenvalue weighted by Crippen LogP contribution is -2.39. The van der Waals surface area contributed by atoms with E-state index in [1.165, 1.54) is 48.8 Å². The lowest BCUT2D eigenvalue weighted by Gasteiger charge is -2.13. The molecule has 0 radical (unpaired) electrons. The van der Waals surface area contributed by atoms with Crippen molar-refractivity contribution < 1.29 is 30.0 Å². The van der Waals surface area contributed by atoms with Crippen molar-refractivity contribution >= 4 is 24.2 Å². The van der Waals surface area contributed by atoms with Crippen molar-refractivity contribution in [3.63, 3.8) is 0 Å². The third-order valence-electron chi connectivity index (χ3n) is 4.69. The molecule has 0 atom stereocenters. The van der Waals surface area contributed by atoms with E-state index in [-0.39, 0.29) is 29.4 Å². The minimum Gasteiger partial charge on any atom is -0.504 e. The molecule has 10 heteroatoms. The Hall–Kier alpha value is -4.86. The summed E-state index contributed by atoms with van der Waals surface area (Å²) in [6.07, 6.45) is 2.59. The van der Waals surface area contributed by atoms with Crippen LogP contribution in [0.15, 0.2) is 76.9 Å². The van der Waals surface area contributed by atoms with Crippen molar-refractivity contribution in [3.8, 4) is 23.0 Å². The van der Waals surface area contributed by atoms with Crippen LogP contribution in [0.3, 0.4) is 0 Å². The monoisotopic (exact) mass is 462 g/mol. The lowest BCUT2D eigenvalue weighted by molar-refractivity contribution is -0.135. The van der Waals surface area contributed by atoms with E-state index in [1.54, 1.807) is 24.3 Å². The summed E-state index contributed by atoms with van der Waals surface area (Å²) >= 11 is 0. The van der Waals surface area contributed by atoms with Crippen LogP contribution in [-0.2, 0) is 16.0 Å². The van der Waals surface area contributed by atoms with Crippen LogP contribution in [0, 0.1) is 5.92 Å². The van der Waals surface area contributed by atoms with Crippen molar-refractivity contribution in [2.45, 2.75) is 6.42 Å². The molecule has 0 aromatic heterocycles. The fourth-order valence-corrected chi connectivity index (χ4v) is 2.89. The van der Waals surface area contributed by atoms with E-state index in [0.29, 0.717) is 11.1 Å². The summed E-state index contributed by atoms with van der Waals surface area (Å²) in [6, 6.07) is 17.0. The molecule has 0 aliphatic carbocycles. The van der Waals surface area contributed by atoms with Crippen LogP contribution in [0.1, 0.15) is 16.7 Å². The zero-order valence-corrected chi connectivity index (χ0v) is 17.8. The van der Waals surface area contributed by atoms with Gasteiger partial charge in [0.2, 0.25) is 0 Å². The Bertz CT molecular complexity index is 1150. The lowest BCUT2D eigenvalue weighted by atomic mass is 9.98. The second-order valence-electron chi connectivity index (χ2n) is 7.21. The highest BCUT2D eigenvalue weighted by Gasteiger charge is 2.27. The van der Waals surface area contributed by atoms with Gasteiger partial charge in [0.05, 0.1) is 12.4 Å². The summed E-state index contributed by atoms with van der Waals surface area (Å²) in [7, 11) is 0. The first-order valence-electron chi connectivity index (χ1n) is 10.1. The number of phenolic OH excluding ortho intramolecular Hbond substituents is 4. The van der Waals surface area contributed by atoms with Gasteiger partial charge in [-0.3, -0.25) is 9.59 Å². The molecule has 0 fully saturated rings. The topological polar surface area (TPSA) is 164 Å². The second-order valence-corrected chi connectivity index (χ2v) is 7.21. The molecule has 3 rings (SSSR count). The molecule has 6 N–H and O–H groups in total. The average Bonchev–Trinajstić information content (AvgIpc) is 2.82. The van der Waals surface area contributed by atoms with Gasteiger partial charge in [-0.1, -0.05) is 30.3 Å². The van der Waals surface area contributed by atoms with Gasteiger partial charge in [0.1, 0.15) is 5.92 Å². The molecule has 0 saturated carbocycles. The predicted octanol–water partition coefficient (Wildman–Crippen LogP) is 1.97. The fourth-order valence-electron chi connectivity index (χ4n) is 2.89. The van der Waals surface area contributed by atoms with Crippen molar-refractivity contribution in [1.29, 1.82) is 0 Å². The van der Waals surface area contributed by atoms with Crippen molar-refractivity contribution in [3.05, 3.63) is 83.4 Å². The minimum absolute atomic E-state index is 0.0868. The first-order chi connectivity index (χ1) is 16.3. The molecule has 0 saturated heterocycles. The van der Waals surface area contributed by atoms with Crippen LogP contribution >= 0.6 is 0 Å². The number of hydrazone groups is 2. The first-order valence-corrected chi connectivity index (χ1v) is 10.1. The smallest absolute Gasteiger partial charge is 0.253 e. The minimum atomic E-state index is -1.17. The zero-order valence-electron chi connectivity index (χ0n) is 17.8. The number of hydrogen-bond acceptors (Lipinski definition) is 8.